The fourth-order valence-electron chi connectivity index (χ4n) is 1.71. The zero-order valence-corrected chi connectivity index (χ0v) is 10.1. The molecule has 3 nitrogen and oxygen atoms in total. The largest absolute Gasteiger partial charge is 0.396 e. The molecule has 1 atom stereocenters. The lowest BCUT2D eigenvalue weighted by molar-refractivity contribution is 0.278. The summed E-state index contributed by atoms with van der Waals surface area (Å²) in [6, 6.07) is 8.44. The Hall–Kier alpha value is -1.13. The minimum atomic E-state index is 0.224. The zero-order chi connectivity index (χ0) is 11.4. The molecule has 0 bridgehead atoms. The zero-order valence-electron chi connectivity index (χ0n) is 9.31. The van der Waals surface area contributed by atoms with E-state index in [1.54, 1.807) is 0 Å². The van der Waals surface area contributed by atoms with Crippen molar-refractivity contribution in [3.8, 4) is 0 Å². The lowest BCUT2D eigenvalue weighted by atomic mass is 10.1. The molecule has 0 fully saturated rings. The highest BCUT2D eigenvalue weighted by Gasteiger charge is 2.10. The van der Waals surface area contributed by atoms with Gasteiger partial charge in [0, 0.05) is 18.0 Å². The normalized spacial score (nSPS) is 12.9. The number of aliphatic hydroxyl groups excluding tert-OH is 1. The van der Waals surface area contributed by atoms with Gasteiger partial charge in [-0.25, -0.2) is 0 Å². The molecule has 0 aliphatic heterocycles. The Balaban J connectivity index is 2.20. The van der Waals surface area contributed by atoms with Crippen molar-refractivity contribution < 1.29 is 5.11 Å². The van der Waals surface area contributed by atoms with E-state index in [0.29, 0.717) is 6.04 Å². The third-order valence-electron chi connectivity index (χ3n) is 2.69. The van der Waals surface area contributed by atoms with Gasteiger partial charge in [-0.1, -0.05) is 19.1 Å². The van der Waals surface area contributed by atoms with E-state index < -0.39 is 0 Å². The lowest BCUT2D eigenvalue weighted by Crippen LogP contribution is -2.19. The summed E-state index contributed by atoms with van der Waals surface area (Å²) in [5.74, 6) is 0. The molecule has 4 heteroatoms. The highest BCUT2D eigenvalue weighted by atomic mass is 32.1. The molecule has 2 N–H and O–H groups in total. The molecule has 2 aromatic rings. The molecule has 0 aliphatic carbocycles. The number of aliphatic hydroxyl groups is 1. The fraction of sp³-hybridized carbons (Fsp3) is 0.417. The second-order valence-corrected chi connectivity index (χ2v) is 4.56. The van der Waals surface area contributed by atoms with Crippen LogP contribution in [-0.2, 0) is 0 Å². The molecular formula is C12H16N2OS. The summed E-state index contributed by atoms with van der Waals surface area (Å²) in [6.45, 7) is 2.35. The fourth-order valence-corrected chi connectivity index (χ4v) is 2.55. The molecule has 16 heavy (non-hydrogen) atoms. The van der Waals surface area contributed by atoms with Crippen molar-refractivity contribution in [1.82, 2.24) is 4.37 Å². The van der Waals surface area contributed by atoms with Crippen molar-refractivity contribution >= 4 is 27.4 Å². The van der Waals surface area contributed by atoms with Gasteiger partial charge in [0.1, 0.15) is 5.00 Å². The van der Waals surface area contributed by atoms with Crippen LogP contribution in [0, 0.1) is 0 Å². The average Bonchev–Trinajstić information content (AvgIpc) is 2.72. The van der Waals surface area contributed by atoms with Crippen molar-refractivity contribution in [1.29, 1.82) is 0 Å². The predicted octanol–water partition coefficient (Wildman–Crippen LogP) is 2.87. The summed E-state index contributed by atoms with van der Waals surface area (Å²) in [7, 11) is 0. The van der Waals surface area contributed by atoms with E-state index in [0.717, 1.165) is 23.4 Å². The van der Waals surface area contributed by atoms with Crippen LogP contribution >= 0.6 is 11.5 Å². The number of fused-ring (bicyclic) bond motifs is 1. The molecule has 86 valence electrons. The highest BCUT2D eigenvalue weighted by molar-refractivity contribution is 7.11. The van der Waals surface area contributed by atoms with E-state index in [-0.39, 0.29) is 6.61 Å². The molecule has 0 aliphatic rings. The molecule has 1 aromatic heterocycles. The topological polar surface area (TPSA) is 45.1 Å². The van der Waals surface area contributed by atoms with Crippen LogP contribution in [-0.4, -0.2) is 22.1 Å². The monoisotopic (exact) mass is 236 g/mol. The first-order valence-corrected chi connectivity index (χ1v) is 6.34. The van der Waals surface area contributed by atoms with E-state index in [4.69, 9.17) is 5.11 Å². The van der Waals surface area contributed by atoms with Gasteiger partial charge in [0.05, 0.1) is 5.52 Å². The molecule has 1 unspecified atom stereocenters. The Morgan fingerprint density at radius 2 is 2.25 bits per heavy atom. The van der Waals surface area contributed by atoms with Gasteiger partial charge in [-0.05, 0) is 36.5 Å². The molecule has 1 heterocycles. The quantitative estimate of drug-likeness (QED) is 0.839. The van der Waals surface area contributed by atoms with Crippen LogP contribution in [0.25, 0.3) is 10.9 Å². The maximum absolute atomic E-state index is 8.96. The standard InChI is InChI=1S/C12H16N2OS/c1-2-9(7-8-15)13-12-10-5-3-4-6-11(10)14-16-12/h3-6,9,13,15H,2,7-8H2,1H3. The number of hydrogen-bond acceptors (Lipinski definition) is 4. The van der Waals surface area contributed by atoms with Crippen molar-refractivity contribution in [2.24, 2.45) is 0 Å². The van der Waals surface area contributed by atoms with E-state index in [1.165, 1.54) is 16.9 Å². The van der Waals surface area contributed by atoms with Crippen LogP contribution in [0.1, 0.15) is 19.8 Å². The van der Waals surface area contributed by atoms with Crippen LogP contribution < -0.4 is 5.32 Å². The minimum absolute atomic E-state index is 0.224. The predicted molar refractivity (Wildman–Crippen MR) is 69.0 cm³/mol. The average molecular weight is 236 g/mol. The second-order valence-electron chi connectivity index (χ2n) is 3.79. The summed E-state index contributed by atoms with van der Waals surface area (Å²) < 4.78 is 4.38. The molecule has 0 radical (unpaired) electrons. The Kier molecular flexibility index (Phi) is 3.74. The summed E-state index contributed by atoms with van der Waals surface area (Å²) in [5, 5.41) is 14.7. The van der Waals surface area contributed by atoms with Crippen molar-refractivity contribution in [3.05, 3.63) is 24.3 Å². The van der Waals surface area contributed by atoms with Crippen LogP contribution in [0.5, 0.6) is 0 Å². The van der Waals surface area contributed by atoms with Gasteiger partial charge in [-0.3, -0.25) is 0 Å². The van der Waals surface area contributed by atoms with E-state index in [1.807, 2.05) is 18.2 Å². The summed E-state index contributed by atoms with van der Waals surface area (Å²) >= 11 is 1.49. The lowest BCUT2D eigenvalue weighted by Gasteiger charge is -2.15. The van der Waals surface area contributed by atoms with Gasteiger partial charge < -0.3 is 10.4 Å². The molecule has 0 saturated carbocycles. The molecule has 2 rings (SSSR count). The van der Waals surface area contributed by atoms with Gasteiger partial charge in [0.15, 0.2) is 0 Å². The first kappa shape index (κ1) is 11.4. The van der Waals surface area contributed by atoms with Crippen LogP contribution in [0.3, 0.4) is 0 Å². The van der Waals surface area contributed by atoms with Crippen molar-refractivity contribution in [2.75, 3.05) is 11.9 Å². The van der Waals surface area contributed by atoms with Gasteiger partial charge in [0.2, 0.25) is 0 Å². The van der Waals surface area contributed by atoms with Gasteiger partial charge in [-0.2, -0.15) is 4.37 Å². The van der Waals surface area contributed by atoms with Gasteiger partial charge in [0.25, 0.3) is 0 Å². The Morgan fingerprint density at radius 1 is 1.44 bits per heavy atom. The molecule has 0 saturated heterocycles. The molecule has 1 aromatic carbocycles. The molecule has 0 amide bonds. The van der Waals surface area contributed by atoms with Gasteiger partial charge in [-0.15, -0.1) is 0 Å². The van der Waals surface area contributed by atoms with Crippen molar-refractivity contribution in [2.45, 2.75) is 25.8 Å². The Morgan fingerprint density at radius 3 is 3.00 bits per heavy atom. The first-order chi connectivity index (χ1) is 7.85. The Labute approximate surface area is 99.3 Å². The maximum Gasteiger partial charge on any atom is 0.117 e. The van der Waals surface area contributed by atoms with E-state index in [2.05, 4.69) is 22.7 Å². The van der Waals surface area contributed by atoms with E-state index >= 15 is 0 Å². The van der Waals surface area contributed by atoms with Crippen LogP contribution in [0.4, 0.5) is 5.00 Å². The third-order valence-corrected chi connectivity index (χ3v) is 3.50. The van der Waals surface area contributed by atoms with Crippen molar-refractivity contribution in [3.63, 3.8) is 0 Å². The Bertz CT molecular complexity index is 455. The number of hydrogen-bond donors (Lipinski definition) is 2. The minimum Gasteiger partial charge on any atom is -0.396 e. The number of nitrogens with zero attached hydrogens (tertiary/aromatic N) is 1. The number of anilines is 1. The maximum atomic E-state index is 8.96. The number of nitrogens with one attached hydrogen (secondary N) is 1. The van der Waals surface area contributed by atoms with Crippen LogP contribution in [0.2, 0.25) is 0 Å². The number of benzene rings is 1. The molecular weight excluding hydrogens is 220 g/mol. The SMILES string of the molecule is CCC(CCO)Nc1snc2ccccc12. The van der Waals surface area contributed by atoms with Gasteiger partial charge >= 0.3 is 0 Å². The highest BCUT2D eigenvalue weighted by Crippen LogP contribution is 2.28. The third kappa shape index (κ3) is 2.33. The smallest absolute Gasteiger partial charge is 0.117 e. The summed E-state index contributed by atoms with van der Waals surface area (Å²) in [6.07, 6.45) is 1.79. The van der Waals surface area contributed by atoms with Crippen LogP contribution in [0.15, 0.2) is 24.3 Å². The number of rotatable bonds is 5. The summed E-state index contributed by atoms with van der Waals surface area (Å²) in [4.78, 5) is 0. The first-order valence-electron chi connectivity index (χ1n) is 5.57. The van der Waals surface area contributed by atoms with E-state index in [9.17, 15) is 0 Å². The second kappa shape index (κ2) is 5.27. The molecule has 0 spiro atoms. The number of aromatic nitrogens is 1. The summed E-state index contributed by atoms with van der Waals surface area (Å²) in [5.41, 5.74) is 1.04.